The van der Waals surface area contributed by atoms with Crippen molar-refractivity contribution in [2.45, 2.75) is 175 Å². The molecule has 0 spiro atoms. The van der Waals surface area contributed by atoms with Crippen LogP contribution in [0.2, 0.25) is 0 Å². The first-order valence-corrected chi connectivity index (χ1v) is 15.9. The first-order valence-electron chi connectivity index (χ1n) is 15.9. The molecule has 5 heteroatoms. The largest absolute Gasteiger partial charge is 0.363 e. The lowest BCUT2D eigenvalue weighted by atomic mass is 9.87. The molecule has 1 atom stereocenters. The third-order valence-electron chi connectivity index (χ3n) is 8.39. The van der Waals surface area contributed by atoms with Crippen LogP contribution >= 0.6 is 0 Å². The molecule has 0 aromatic carbocycles. The van der Waals surface area contributed by atoms with Crippen molar-refractivity contribution in [3.63, 3.8) is 0 Å². The SMILES string of the molecule is CCCCCCCC(C)(CCCC)Nc1ncnc2c1ncn2C(C)(CCCCCC)CCCCCC. The summed E-state index contributed by atoms with van der Waals surface area (Å²) in [5.74, 6) is 0.912. The van der Waals surface area contributed by atoms with Crippen molar-refractivity contribution in [3.05, 3.63) is 12.7 Å². The molecule has 1 unspecified atom stereocenters. The minimum Gasteiger partial charge on any atom is -0.363 e. The van der Waals surface area contributed by atoms with Gasteiger partial charge in [0, 0.05) is 11.1 Å². The molecule has 212 valence electrons. The Morgan fingerprint density at radius 3 is 1.73 bits per heavy atom. The van der Waals surface area contributed by atoms with Crippen LogP contribution < -0.4 is 5.32 Å². The summed E-state index contributed by atoms with van der Waals surface area (Å²) >= 11 is 0. The molecule has 0 aliphatic rings. The first-order chi connectivity index (χ1) is 17.9. The normalized spacial score (nSPS) is 13.8. The van der Waals surface area contributed by atoms with Crippen molar-refractivity contribution in [2.75, 3.05) is 5.32 Å². The fourth-order valence-electron chi connectivity index (χ4n) is 5.77. The summed E-state index contributed by atoms with van der Waals surface area (Å²) in [5, 5.41) is 3.88. The zero-order chi connectivity index (χ0) is 27.0. The number of unbranched alkanes of at least 4 members (excludes halogenated alkanes) is 11. The summed E-state index contributed by atoms with van der Waals surface area (Å²) in [6.07, 6.45) is 27.9. The number of nitrogens with zero attached hydrogens (tertiary/aromatic N) is 4. The molecule has 0 radical (unpaired) electrons. The van der Waals surface area contributed by atoms with E-state index in [1.54, 1.807) is 6.33 Å². The van der Waals surface area contributed by atoms with Gasteiger partial charge in [0.05, 0.1) is 6.33 Å². The quantitative estimate of drug-likeness (QED) is 0.159. The van der Waals surface area contributed by atoms with Crippen molar-refractivity contribution in [2.24, 2.45) is 0 Å². The van der Waals surface area contributed by atoms with E-state index in [2.05, 4.69) is 57.8 Å². The van der Waals surface area contributed by atoms with Crippen LogP contribution in [0.1, 0.15) is 164 Å². The standard InChI is InChI=1S/C32H59N5/c1-7-11-15-18-19-23-31(5,22-14-10-4)36-29-28-30(34-26-33-29)37(27-35-28)32(6,24-20-16-12-8-2)25-21-17-13-9-3/h26-27H,7-25H2,1-6H3,(H,33,34,36). The van der Waals surface area contributed by atoms with Crippen molar-refractivity contribution < 1.29 is 0 Å². The van der Waals surface area contributed by atoms with Gasteiger partial charge in [-0.05, 0) is 39.5 Å². The van der Waals surface area contributed by atoms with E-state index in [1.807, 2.05) is 0 Å². The van der Waals surface area contributed by atoms with Crippen LogP contribution in [0.4, 0.5) is 5.82 Å². The van der Waals surface area contributed by atoms with E-state index < -0.39 is 0 Å². The van der Waals surface area contributed by atoms with Gasteiger partial charge in [-0.15, -0.1) is 0 Å². The zero-order valence-electron chi connectivity index (χ0n) is 25.4. The van der Waals surface area contributed by atoms with E-state index in [4.69, 9.17) is 15.0 Å². The number of aromatic nitrogens is 4. The van der Waals surface area contributed by atoms with E-state index >= 15 is 0 Å². The monoisotopic (exact) mass is 513 g/mol. The lowest BCUT2D eigenvalue weighted by Crippen LogP contribution is -2.35. The summed E-state index contributed by atoms with van der Waals surface area (Å²) in [6.45, 7) is 14.0. The highest BCUT2D eigenvalue weighted by Crippen LogP contribution is 2.35. The molecular weight excluding hydrogens is 454 g/mol. The van der Waals surface area contributed by atoms with Crippen LogP contribution in [0.15, 0.2) is 12.7 Å². The maximum Gasteiger partial charge on any atom is 0.165 e. The van der Waals surface area contributed by atoms with Crippen molar-refractivity contribution in [3.8, 4) is 0 Å². The highest BCUT2D eigenvalue weighted by atomic mass is 15.2. The molecule has 0 bridgehead atoms. The molecule has 0 aliphatic carbocycles. The summed E-state index contributed by atoms with van der Waals surface area (Å²) in [6, 6.07) is 0. The molecule has 0 fully saturated rings. The van der Waals surface area contributed by atoms with Gasteiger partial charge in [-0.2, -0.15) is 0 Å². The fraction of sp³-hybridized carbons (Fsp3) is 0.844. The Morgan fingerprint density at radius 2 is 1.14 bits per heavy atom. The third-order valence-corrected chi connectivity index (χ3v) is 8.39. The summed E-state index contributed by atoms with van der Waals surface area (Å²) < 4.78 is 2.39. The van der Waals surface area contributed by atoms with Gasteiger partial charge < -0.3 is 9.88 Å². The van der Waals surface area contributed by atoms with Crippen molar-refractivity contribution >= 4 is 17.0 Å². The molecule has 2 aromatic heterocycles. The Balaban J connectivity index is 2.27. The molecule has 2 rings (SSSR count). The number of rotatable bonds is 22. The lowest BCUT2D eigenvalue weighted by molar-refractivity contribution is 0.256. The Kier molecular flexibility index (Phi) is 14.5. The highest BCUT2D eigenvalue weighted by molar-refractivity contribution is 5.83. The van der Waals surface area contributed by atoms with Gasteiger partial charge in [-0.1, -0.05) is 124 Å². The topological polar surface area (TPSA) is 55.6 Å². The number of hydrogen-bond donors (Lipinski definition) is 1. The number of anilines is 1. The van der Waals surface area contributed by atoms with Gasteiger partial charge in [0.15, 0.2) is 11.5 Å². The average molecular weight is 514 g/mol. The number of hydrogen-bond acceptors (Lipinski definition) is 4. The van der Waals surface area contributed by atoms with Crippen LogP contribution in [0, 0.1) is 0 Å². The van der Waals surface area contributed by atoms with E-state index in [0.717, 1.165) is 23.4 Å². The summed E-state index contributed by atoms with van der Waals surface area (Å²) in [7, 11) is 0. The maximum atomic E-state index is 4.93. The van der Waals surface area contributed by atoms with Crippen molar-refractivity contribution in [1.82, 2.24) is 19.5 Å². The Hall–Kier alpha value is -1.65. The average Bonchev–Trinajstić information content (AvgIpc) is 3.34. The number of fused-ring (bicyclic) bond motifs is 1. The highest BCUT2D eigenvalue weighted by Gasteiger charge is 2.30. The predicted octanol–water partition coefficient (Wildman–Crippen LogP) is 10.2. The minimum atomic E-state index is 0.0386. The molecule has 0 amide bonds. The Morgan fingerprint density at radius 1 is 0.622 bits per heavy atom. The lowest BCUT2D eigenvalue weighted by Gasteiger charge is -2.33. The van der Waals surface area contributed by atoms with Gasteiger partial charge in [-0.3, -0.25) is 0 Å². The zero-order valence-corrected chi connectivity index (χ0v) is 25.4. The van der Waals surface area contributed by atoms with Crippen LogP contribution in [-0.2, 0) is 5.54 Å². The van der Waals surface area contributed by atoms with Crippen molar-refractivity contribution in [1.29, 1.82) is 0 Å². The van der Waals surface area contributed by atoms with E-state index in [0.29, 0.717) is 0 Å². The van der Waals surface area contributed by atoms with Crippen LogP contribution in [0.3, 0.4) is 0 Å². The van der Waals surface area contributed by atoms with E-state index in [9.17, 15) is 0 Å². The Bertz CT molecular complexity index is 848. The van der Waals surface area contributed by atoms with E-state index in [1.165, 1.54) is 116 Å². The summed E-state index contributed by atoms with van der Waals surface area (Å²) in [5.41, 5.74) is 2.01. The molecule has 0 saturated carbocycles. The molecule has 1 N–H and O–H groups in total. The second kappa shape index (κ2) is 17.0. The van der Waals surface area contributed by atoms with Crippen LogP contribution in [0.5, 0.6) is 0 Å². The maximum absolute atomic E-state index is 4.93. The summed E-state index contributed by atoms with van der Waals surface area (Å²) in [4.78, 5) is 14.5. The first kappa shape index (κ1) is 31.6. The van der Waals surface area contributed by atoms with Gasteiger partial charge in [-0.25, -0.2) is 15.0 Å². The Labute approximate surface area is 229 Å². The molecule has 2 aromatic rings. The van der Waals surface area contributed by atoms with E-state index in [-0.39, 0.29) is 11.1 Å². The van der Waals surface area contributed by atoms with Gasteiger partial charge in [0.1, 0.15) is 11.8 Å². The minimum absolute atomic E-state index is 0.0386. The molecular formula is C32H59N5. The van der Waals surface area contributed by atoms with Gasteiger partial charge in [0.25, 0.3) is 0 Å². The molecule has 37 heavy (non-hydrogen) atoms. The molecule has 5 nitrogen and oxygen atoms in total. The third kappa shape index (κ3) is 10.2. The molecule has 0 aliphatic heterocycles. The molecule has 0 saturated heterocycles. The number of imidazole rings is 1. The second-order valence-electron chi connectivity index (χ2n) is 12.1. The molecule has 2 heterocycles. The fourth-order valence-corrected chi connectivity index (χ4v) is 5.77. The number of nitrogens with one attached hydrogen (secondary N) is 1. The predicted molar refractivity (Wildman–Crippen MR) is 161 cm³/mol. The van der Waals surface area contributed by atoms with Crippen LogP contribution in [0.25, 0.3) is 11.2 Å². The van der Waals surface area contributed by atoms with Crippen LogP contribution in [-0.4, -0.2) is 25.1 Å². The van der Waals surface area contributed by atoms with Gasteiger partial charge in [0.2, 0.25) is 0 Å². The smallest absolute Gasteiger partial charge is 0.165 e. The van der Waals surface area contributed by atoms with Gasteiger partial charge >= 0.3 is 0 Å². The second-order valence-corrected chi connectivity index (χ2v) is 12.1.